The van der Waals surface area contributed by atoms with Gasteiger partial charge < -0.3 is 9.64 Å². The second-order valence-electron chi connectivity index (χ2n) is 6.00. The summed E-state index contributed by atoms with van der Waals surface area (Å²) in [6, 6.07) is 1.99. The van der Waals surface area contributed by atoms with Gasteiger partial charge in [0.2, 0.25) is 5.91 Å². The number of aromatic nitrogens is 3. The number of ether oxygens (including phenoxy) is 1. The third-order valence-electron chi connectivity index (χ3n) is 4.02. The maximum absolute atomic E-state index is 12.4. The van der Waals surface area contributed by atoms with Crippen molar-refractivity contribution in [3.63, 3.8) is 0 Å². The second kappa shape index (κ2) is 6.80. The Morgan fingerprint density at radius 1 is 1.43 bits per heavy atom. The van der Waals surface area contributed by atoms with E-state index >= 15 is 0 Å². The number of rotatable bonds is 5. The quantitative estimate of drug-likeness (QED) is 0.840. The maximum Gasteiger partial charge on any atom is 0.244 e. The van der Waals surface area contributed by atoms with Crippen LogP contribution in [-0.4, -0.2) is 44.8 Å². The summed E-state index contributed by atoms with van der Waals surface area (Å²) in [6.45, 7) is 8.13. The standard InChI is InChI=1S/C16H22N4O2S/c1-11-6-12(2)20(18-11)8-16(21)19-5-4-15(7-19)22-9-14-10-23-13(3)17-14/h6,10,15H,4-5,7-9H2,1-3H3/t15-/m1/s1. The van der Waals surface area contributed by atoms with Gasteiger partial charge in [-0.1, -0.05) is 0 Å². The van der Waals surface area contributed by atoms with E-state index in [2.05, 4.69) is 10.1 Å². The van der Waals surface area contributed by atoms with Crippen molar-refractivity contribution in [3.8, 4) is 0 Å². The highest BCUT2D eigenvalue weighted by atomic mass is 32.1. The van der Waals surface area contributed by atoms with E-state index < -0.39 is 0 Å². The molecule has 1 aliphatic heterocycles. The van der Waals surface area contributed by atoms with Gasteiger partial charge >= 0.3 is 0 Å². The molecule has 0 aromatic carbocycles. The number of amides is 1. The molecule has 1 fully saturated rings. The first-order chi connectivity index (χ1) is 11.0. The minimum Gasteiger partial charge on any atom is -0.370 e. The predicted molar refractivity (Wildman–Crippen MR) is 88.3 cm³/mol. The highest BCUT2D eigenvalue weighted by Crippen LogP contribution is 2.16. The van der Waals surface area contributed by atoms with Crippen molar-refractivity contribution in [1.82, 2.24) is 19.7 Å². The molecule has 124 valence electrons. The molecule has 0 bridgehead atoms. The van der Waals surface area contributed by atoms with Gasteiger partial charge in [-0.15, -0.1) is 11.3 Å². The van der Waals surface area contributed by atoms with E-state index in [1.807, 2.05) is 37.1 Å². The Morgan fingerprint density at radius 2 is 2.26 bits per heavy atom. The molecule has 1 aliphatic rings. The molecule has 0 saturated carbocycles. The summed E-state index contributed by atoms with van der Waals surface area (Å²) >= 11 is 1.63. The van der Waals surface area contributed by atoms with Gasteiger partial charge in [0.25, 0.3) is 0 Å². The highest BCUT2D eigenvalue weighted by Gasteiger charge is 2.27. The molecule has 6 nitrogen and oxygen atoms in total. The van der Waals surface area contributed by atoms with Crippen LogP contribution in [0.3, 0.4) is 0 Å². The molecule has 0 aliphatic carbocycles. The number of carbonyl (C=O) groups excluding carboxylic acids is 1. The zero-order valence-electron chi connectivity index (χ0n) is 13.8. The summed E-state index contributed by atoms with van der Waals surface area (Å²) in [5.41, 5.74) is 2.93. The van der Waals surface area contributed by atoms with Crippen molar-refractivity contribution in [2.45, 2.75) is 46.4 Å². The molecule has 23 heavy (non-hydrogen) atoms. The fourth-order valence-electron chi connectivity index (χ4n) is 2.83. The van der Waals surface area contributed by atoms with Crippen LogP contribution in [-0.2, 0) is 22.7 Å². The van der Waals surface area contributed by atoms with Gasteiger partial charge in [0, 0.05) is 24.2 Å². The van der Waals surface area contributed by atoms with Crippen LogP contribution in [0.15, 0.2) is 11.4 Å². The molecule has 2 aromatic rings. The number of likely N-dealkylation sites (tertiary alicyclic amines) is 1. The zero-order chi connectivity index (χ0) is 16.4. The number of hydrogen-bond acceptors (Lipinski definition) is 5. The van der Waals surface area contributed by atoms with Gasteiger partial charge in [-0.25, -0.2) is 4.98 Å². The van der Waals surface area contributed by atoms with E-state index in [9.17, 15) is 4.79 Å². The minimum absolute atomic E-state index is 0.0985. The van der Waals surface area contributed by atoms with Crippen LogP contribution >= 0.6 is 11.3 Å². The molecule has 7 heteroatoms. The van der Waals surface area contributed by atoms with Crippen LogP contribution in [0.2, 0.25) is 0 Å². The van der Waals surface area contributed by atoms with E-state index in [4.69, 9.17) is 4.74 Å². The summed E-state index contributed by atoms with van der Waals surface area (Å²) in [6.07, 6.45) is 0.979. The summed E-state index contributed by atoms with van der Waals surface area (Å²) < 4.78 is 7.66. The average Bonchev–Trinajstić information content (AvgIpc) is 3.19. The molecular weight excluding hydrogens is 312 g/mol. The van der Waals surface area contributed by atoms with Crippen LogP contribution in [0.1, 0.15) is 28.5 Å². The molecule has 0 spiro atoms. The van der Waals surface area contributed by atoms with E-state index in [1.165, 1.54) is 0 Å². The Bertz CT molecular complexity index is 694. The summed E-state index contributed by atoms with van der Waals surface area (Å²) in [4.78, 5) is 18.7. The lowest BCUT2D eigenvalue weighted by Crippen LogP contribution is -2.33. The fraction of sp³-hybridized carbons (Fsp3) is 0.562. The van der Waals surface area contributed by atoms with Crippen LogP contribution in [0, 0.1) is 20.8 Å². The molecule has 1 amide bonds. The van der Waals surface area contributed by atoms with Gasteiger partial charge in [-0.05, 0) is 33.3 Å². The average molecular weight is 334 g/mol. The zero-order valence-corrected chi connectivity index (χ0v) is 14.6. The van der Waals surface area contributed by atoms with Crippen molar-refractivity contribution in [2.24, 2.45) is 0 Å². The van der Waals surface area contributed by atoms with E-state index in [0.29, 0.717) is 19.7 Å². The van der Waals surface area contributed by atoms with E-state index in [-0.39, 0.29) is 12.0 Å². The topological polar surface area (TPSA) is 60.2 Å². The molecule has 1 saturated heterocycles. The van der Waals surface area contributed by atoms with Crippen molar-refractivity contribution in [2.75, 3.05) is 13.1 Å². The smallest absolute Gasteiger partial charge is 0.244 e. The number of carbonyl (C=O) groups is 1. The number of hydrogen-bond donors (Lipinski definition) is 0. The minimum atomic E-state index is 0.0985. The largest absolute Gasteiger partial charge is 0.370 e. The number of nitrogens with zero attached hydrogens (tertiary/aromatic N) is 4. The number of thiazole rings is 1. The molecule has 0 N–H and O–H groups in total. The molecule has 2 aromatic heterocycles. The first-order valence-corrected chi connectivity index (χ1v) is 8.70. The SMILES string of the molecule is Cc1cc(C)n(CC(=O)N2CC[C@@H](OCc3csc(C)n3)C2)n1. The lowest BCUT2D eigenvalue weighted by atomic mass is 10.3. The van der Waals surface area contributed by atoms with Gasteiger partial charge in [0.1, 0.15) is 6.54 Å². The normalized spacial score (nSPS) is 17.9. The van der Waals surface area contributed by atoms with E-state index in [1.54, 1.807) is 16.0 Å². The van der Waals surface area contributed by atoms with Crippen molar-refractivity contribution >= 4 is 17.2 Å². The molecule has 1 atom stereocenters. The van der Waals surface area contributed by atoms with Gasteiger partial charge in [-0.3, -0.25) is 9.48 Å². The Hall–Kier alpha value is -1.73. The Labute approximate surface area is 140 Å². The highest BCUT2D eigenvalue weighted by molar-refractivity contribution is 7.09. The van der Waals surface area contributed by atoms with Crippen LogP contribution in [0.4, 0.5) is 0 Å². The lowest BCUT2D eigenvalue weighted by molar-refractivity contribution is -0.131. The number of aryl methyl sites for hydroxylation is 3. The first kappa shape index (κ1) is 16.1. The Balaban J connectivity index is 1.49. The molecule has 3 rings (SSSR count). The van der Waals surface area contributed by atoms with Crippen LogP contribution < -0.4 is 0 Å². The van der Waals surface area contributed by atoms with Gasteiger partial charge in [0.15, 0.2) is 0 Å². The summed E-state index contributed by atoms with van der Waals surface area (Å²) in [5, 5.41) is 7.43. The van der Waals surface area contributed by atoms with Crippen molar-refractivity contribution in [3.05, 3.63) is 33.5 Å². The third kappa shape index (κ3) is 3.97. The summed E-state index contributed by atoms with van der Waals surface area (Å²) in [7, 11) is 0. The second-order valence-corrected chi connectivity index (χ2v) is 7.07. The monoisotopic (exact) mass is 334 g/mol. The molecule has 0 radical (unpaired) electrons. The lowest BCUT2D eigenvalue weighted by Gasteiger charge is -2.17. The Kier molecular flexibility index (Phi) is 4.77. The van der Waals surface area contributed by atoms with Crippen molar-refractivity contribution in [1.29, 1.82) is 0 Å². The first-order valence-electron chi connectivity index (χ1n) is 7.82. The van der Waals surface area contributed by atoms with Gasteiger partial charge in [0.05, 0.1) is 29.1 Å². The molecular formula is C16H22N4O2S. The van der Waals surface area contributed by atoms with Crippen molar-refractivity contribution < 1.29 is 9.53 Å². The van der Waals surface area contributed by atoms with Crippen LogP contribution in [0.5, 0.6) is 0 Å². The fourth-order valence-corrected chi connectivity index (χ4v) is 3.43. The maximum atomic E-state index is 12.4. The predicted octanol–water partition coefficient (Wildman–Crippen LogP) is 2.08. The molecule has 0 unspecified atom stereocenters. The third-order valence-corrected chi connectivity index (χ3v) is 4.84. The Morgan fingerprint density at radius 3 is 2.91 bits per heavy atom. The van der Waals surface area contributed by atoms with Gasteiger partial charge in [-0.2, -0.15) is 5.10 Å². The molecule has 3 heterocycles. The summed E-state index contributed by atoms with van der Waals surface area (Å²) in [5.74, 6) is 0.104. The van der Waals surface area contributed by atoms with Crippen LogP contribution in [0.25, 0.3) is 0 Å². The van der Waals surface area contributed by atoms with E-state index in [0.717, 1.165) is 35.1 Å².